The predicted molar refractivity (Wildman–Crippen MR) is 263 cm³/mol. The zero-order valence-corrected chi connectivity index (χ0v) is 42.7. The summed E-state index contributed by atoms with van der Waals surface area (Å²) in [5.74, 6) is 0. The van der Waals surface area contributed by atoms with Crippen LogP contribution in [0.5, 0.6) is 0 Å². The quantitative estimate of drug-likeness (QED) is 0.127. The molecule has 0 radical (unpaired) electrons. The van der Waals surface area contributed by atoms with Gasteiger partial charge in [-0.2, -0.15) is 0 Å². The van der Waals surface area contributed by atoms with E-state index in [0.717, 1.165) is 12.8 Å². The standard InChI is InChI=1S/2C20H23Si.C12H9Si.2ClH.Zr/c2*1-5-15-13-16-9-8-11-17(19(16)14-15)18-10-6-7-12-20(18)21(2,3)4;1-3-7-11-9(5-1)10-6-2-4-8-12(10)13-11;;;/h2*6-14H,5H2,1-4H3;1-7H,13H2;2*1H;/q;;;;;+2/p-2. The van der Waals surface area contributed by atoms with Gasteiger partial charge in [-0.15, -0.1) is 0 Å². The van der Waals surface area contributed by atoms with E-state index in [1.54, 1.807) is 0 Å². The number of halogens is 2. The van der Waals surface area contributed by atoms with E-state index in [2.05, 4.69) is 193 Å². The Hall–Kier alpha value is -3.09. The van der Waals surface area contributed by atoms with Crippen molar-refractivity contribution in [1.82, 2.24) is 0 Å². The second-order valence-electron chi connectivity index (χ2n) is 19.0. The van der Waals surface area contributed by atoms with E-state index in [-0.39, 0.29) is 7.25 Å². The minimum absolute atomic E-state index is 0.0724. The molecule has 6 aromatic carbocycles. The van der Waals surface area contributed by atoms with Gasteiger partial charge in [0.1, 0.15) is 0 Å². The number of allylic oxidation sites excluding steroid dienone is 2. The van der Waals surface area contributed by atoms with Crippen LogP contribution in [-0.2, 0) is 16.4 Å². The molecule has 2 aliphatic carbocycles. The molecule has 2 unspecified atom stereocenters. The van der Waals surface area contributed by atoms with Gasteiger partial charge in [-0.25, -0.2) is 0 Å². The van der Waals surface area contributed by atoms with Gasteiger partial charge in [0.2, 0.25) is 0 Å². The van der Waals surface area contributed by atoms with E-state index in [1.165, 1.54) is 90.8 Å². The monoisotopic (exact) mass is 923 g/mol. The summed E-state index contributed by atoms with van der Waals surface area (Å²) in [5.41, 5.74) is 16.2. The molecule has 0 saturated heterocycles. The van der Waals surface area contributed by atoms with Gasteiger partial charge in [0.15, 0.2) is 0 Å². The number of benzene rings is 6. The Kier molecular flexibility index (Phi) is 10.1. The van der Waals surface area contributed by atoms with Crippen molar-refractivity contribution in [2.24, 2.45) is 0 Å². The molecule has 0 saturated carbocycles. The number of fused-ring (bicyclic) bond motifs is 5. The molecule has 58 heavy (non-hydrogen) atoms. The Morgan fingerprint density at radius 1 is 0.483 bits per heavy atom. The predicted octanol–water partition coefficient (Wildman–Crippen LogP) is 11.9. The zero-order valence-electron chi connectivity index (χ0n) is 35.3. The Morgan fingerprint density at radius 3 is 1.38 bits per heavy atom. The van der Waals surface area contributed by atoms with Crippen LogP contribution in [0, 0.1) is 0 Å². The second kappa shape index (κ2) is 14.5. The molecule has 0 spiro atoms. The van der Waals surface area contributed by atoms with E-state index in [9.17, 15) is 17.0 Å². The van der Waals surface area contributed by atoms with E-state index in [0.29, 0.717) is 0 Å². The van der Waals surface area contributed by atoms with Gasteiger partial charge < -0.3 is 0 Å². The summed E-state index contributed by atoms with van der Waals surface area (Å²) < 4.78 is 1.16. The van der Waals surface area contributed by atoms with Crippen molar-refractivity contribution in [2.45, 2.75) is 73.2 Å². The van der Waals surface area contributed by atoms with Crippen molar-refractivity contribution in [3.8, 4) is 33.4 Å². The van der Waals surface area contributed by atoms with Crippen molar-refractivity contribution in [2.75, 3.05) is 0 Å². The fourth-order valence-corrected chi connectivity index (χ4v) is 42.6. The molecule has 6 heteroatoms. The SMILES string of the molecule is CCC1=Cc2c(-c3ccccc3[Si](C)(C)C)cccc2[CH]1[Zr]([Cl])([Cl])([c]1cccc2c1[SiH2]c1ccccc1-2)[CH]1C(CC)=Cc2c(-c3ccccc3[Si](C)(C)C)cccc21. The third-order valence-electron chi connectivity index (χ3n) is 13.6. The first-order valence-corrected chi connectivity index (χ1v) is 40.1. The van der Waals surface area contributed by atoms with Gasteiger partial charge >= 0.3 is 363 Å². The summed E-state index contributed by atoms with van der Waals surface area (Å²) in [5, 5.41) is 5.97. The van der Waals surface area contributed by atoms with Crippen LogP contribution in [-0.4, -0.2) is 25.7 Å². The first-order valence-electron chi connectivity index (χ1n) is 21.3. The van der Waals surface area contributed by atoms with Crippen molar-refractivity contribution in [3.05, 3.63) is 161 Å². The van der Waals surface area contributed by atoms with E-state index < -0.39 is 42.1 Å². The maximum absolute atomic E-state index is 9.30. The summed E-state index contributed by atoms with van der Waals surface area (Å²) >= 11 is -5.57. The number of hydrogen-bond acceptors (Lipinski definition) is 0. The third kappa shape index (κ3) is 6.18. The average molecular weight is 926 g/mol. The van der Waals surface area contributed by atoms with Crippen molar-refractivity contribution < 1.29 is 16.4 Å². The molecule has 0 nitrogen and oxygen atoms in total. The Bertz CT molecular complexity index is 2580. The summed E-state index contributed by atoms with van der Waals surface area (Å²) in [6, 6.07) is 48.5. The Balaban J connectivity index is 1.35. The van der Waals surface area contributed by atoms with Crippen LogP contribution in [0.3, 0.4) is 0 Å². The van der Waals surface area contributed by atoms with Crippen LogP contribution < -0.4 is 24.0 Å². The first kappa shape index (κ1) is 40.3. The summed E-state index contributed by atoms with van der Waals surface area (Å²) in [6.45, 7) is 19.4. The van der Waals surface area contributed by atoms with Gasteiger partial charge in [0.05, 0.1) is 0 Å². The van der Waals surface area contributed by atoms with Crippen LogP contribution in [0.4, 0.5) is 0 Å². The molecular weight excluding hydrogens is 871 g/mol. The number of hydrogen-bond donors (Lipinski definition) is 0. The molecule has 3 aliphatic rings. The third-order valence-corrected chi connectivity index (χ3v) is 40.5. The molecule has 1 heterocycles. The molecule has 0 aromatic heterocycles. The number of rotatable bonds is 9. The van der Waals surface area contributed by atoms with Crippen molar-refractivity contribution in [3.63, 3.8) is 0 Å². The van der Waals surface area contributed by atoms with Gasteiger partial charge in [-0.05, 0) is 0 Å². The van der Waals surface area contributed by atoms with E-state index in [4.69, 9.17) is 0 Å². The van der Waals surface area contributed by atoms with E-state index in [1.807, 2.05) is 0 Å². The first-order chi connectivity index (χ1) is 27.7. The van der Waals surface area contributed by atoms with Gasteiger partial charge in [0, 0.05) is 0 Å². The molecule has 293 valence electrons. The van der Waals surface area contributed by atoms with Crippen molar-refractivity contribution >= 4 is 78.9 Å². The molecule has 6 aromatic rings. The minimum atomic E-state index is -5.57. The van der Waals surface area contributed by atoms with Crippen LogP contribution in [0.2, 0.25) is 39.3 Å². The Morgan fingerprint density at radius 2 is 0.897 bits per heavy atom. The topological polar surface area (TPSA) is 0 Å². The van der Waals surface area contributed by atoms with Gasteiger partial charge in [0.25, 0.3) is 0 Å². The molecule has 0 fully saturated rings. The molecule has 0 N–H and O–H groups in total. The van der Waals surface area contributed by atoms with Gasteiger partial charge in [-0.3, -0.25) is 0 Å². The normalized spacial score (nSPS) is 18.2. The van der Waals surface area contributed by atoms with E-state index >= 15 is 0 Å². The maximum atomic E-state index is 9.30. The fourth-order valence-electron chi connectivity index (χ4n) is 11.1. The molecule has 1 aliphatic heterocycles. The van der Waals surface area contributed by atoms with Crippen molar-refractivity contribution in [1.29, 1.82) is 0 Å². The van der Waals surface area contributed by atoms with Crippen LogP contribution >= 0.6 is 17.0 Å². The van der Waals surface area contributed by atoms with Crippen LogP contribution in [0.1, 0.15) is 56.2 Å². The zero-order chi connectivity index (χ0) is 40.8. The molecule has 2 atom stereocenters. The molecule has 0 amide bonds. The summed E-state index contributed by atoms with van der Waals surface area (Å²) in [6.07, 6.45) is 6.85. The summed E-state index contributed by atoms with van der Waals surface area (Å²) in [7, 11) is 14.4. The van der Waals surface area contributed by atoms with Crippen LogP contribution in [0.25, 0.3) is 45.5 Å². The van der Waals surface area contributed by atoms with Crippen LogP contribution in [0.15, 0.2) is 139 Å². The fraction of sp³-hybridized carbons (Fsp3) is 0.231. The molecule has 9 rings (SSSR count). The molecule has 0 bridgehead atoms. The van der Waals surface area contributed by atoms with Gasteiger partial charge in [-0.1, -0.05) is 0 Å². The summed E-state index contributed by atoms with van der Waals surface area (Å²) in [4.78, 5) is 0. The molecular formula is C52H55Cl2Si3Zr. The second-order valence-corrected chi connectivity index (χ2v) is 51.5. The average Bonchev–Trinajstić information content (AvgIpc) is 3.92. The Labute approximate surface area is 359 Å².